The summed E-state index contributed by atoms with van der Waals surface area (Å²) >= 11 is 4.40. The maximum absolute atomic E-state index is 3.80. The molecule has 0 spiro atoms. The van der Waals surface area contributed by atoms with Gasteiger partial charge in [-0.15, -0.1) is 0 Å². The number of hydrogen-bond acceptors (Lipinski definition) is 3. The average Bonchev–Trinajstić information content (AvgIpc) is 3.01. The highest BCUT2D eigenvalue weighted by Crippen LogP contribution is 2.50. The lowest BCUT2D eigenvalue weighted by atomic mass is 9.83. The molecule has 1 aliphatic heterocycles. The van der Waals surface area contributed by atoms with Gasteiger partial charge in [-0.1, -0.05) is 13.3 Å². The molecule has 18 heavy (non-hydrogen) atoms. The van der Waals surface area contributed by atoms with E-state index in [1.807, 2.05) is 0 Å². The van der Waals surface area contributed by atoms with E-state index in [1.54, 1.807) is 25.7 Å². The highest BCUT2D eigenvalue weighted by molar-refractivity contribution is 8.06. The Morgan fingerprint density at radius 1 is 1.22 bits per heavy atom. The fourth-order valence-electron chi connectivity index (χ4n) is 4.36. The molecule has 0 aromatic heterocycles. The normalized spacial score (nSPS) is 41.2. The largest absolute Gasteiger partial charge is 0.313 e. The van der Waals surface area contributed by atoms with Gasteiger partial charge in [0, 0.05) is 28.6 Å². The molecule has 5 unspecified atom stereocenters. The molecule has 0 aromatic carbocycles. The van der Waals surface area contributed by atoms with Crippen molar-refractivity contribution in [3.63, 3.8) is 0 Å². The third kappa shape index (κ3) is 3.04. The van der Waals surface area contributed by atoms with Gasteiger partial charge in [-0.25, -0.2) is 0 Å². The van der Waals surface area contributed by atoms with E-state index >= 15 is 0 Å². The molecule has 2 bridgehead atoms. The van der Waals surface area contributed by atoms with Gasteiger partial charge in [-0.3, -0.25) is 0 Å². The molecule has 2 aliphatic carbocycles. The van der Waals surface area contributed by atoms with E-state index in [4.69, 9.17) is 0 Å². The molecule has 104 valence electrons. The summed E-state index contributed by atoms with van der Waals surface area (Å²) < 4.78 is 0. The second-order valence-corrected chi connectivity index (χ2v) is 8.82. The van der Waals surface area contributed by atoms with Crippen LogP contribution in [0, 0.1) is 17.8 Å². The number of fused-ring (bicyclic) bond motifs is 2. The van der Waals surface area contributed by atoms with Crippen LogP contribution < -0.4 is 5.32 Å². The van der Waals surface area contributed by atoms with Crippen molar-refractivity contribution < 1.29 is 0 Å². The van der Waals surface area contributed by atoms with Crippen LogP contribution in [0.3, 0.4) is 0 Å². The van der Waals surface area contributed by atoms with Crippen molar-refractivity contribution in [2.75, 3.05) is 23.8 Å². The van der Waals surface area contributed by atoms with Crippen molar-refractivity contribution in [2.45, 2.75) is 50.3 Å². The first-order valence-corrected chi connectivity index (χ1v) is 10.00. The first-order chi connectivity index (χ1) is 8.86. The predicted molar refractivity (Wildman–Crippen MR) is 84.6 cm³/mol. The van der Waals surface area contributed by atoms with Crippen LogP contribution in [0.4, 0.5) is 0 Å². The smallest absolute Gasteiger partial charge is 0.0292 e. The van der Waals surface area contributed by atoms with Crippen LogP contribution in [-0.2, 0) is 0 Å². The quantitative estimate of drug-likeness (QED) is 0.828. The van der Waals surface area contributed by atoms with Gasteiger partial charge in [0.25, 0.3) is 0 Å². The third-order valence-corrected chi connectivity index (χ3v) is 8.12. The minimum Gasteiger partial charge on any atom is -0.313 e. The molecule has 2 saturated carbocycles. The third-order valence-electron chi connectivity index (χ3n) is 5.20. The number of hydrogen-bond donors (Lipinski definition) is 1. The minimum absolute atomic E-state index is 0.789. The summed E-state index contributed by atoms with van der Waals surface area (Å²) in [6.07, 6.45) is 7.67. The Morgan fingerprint density at radius 2 is 2.17 bits per heavy atom. The fraction of sp³-hybridized carbons (Fsp3) is 1.00. The topological polar surface area (TPSA) is 12.0 Å². The van der Waals surface area contributed by atoms with Crippen LogP contribution in [0.15, 0.2) is 0 Å². The second-order valence-electron chi connectivity index (χ2n) is 6.32. The van der Waals surface area contributed by atoms with E-state index in [9.17, 15) is 0 Å². The molecular weight excluding hydrogens is 258 g/mol. The van der Waals surface area contributed by atoms with E-state index in [-0.39, 0.29) is 0 Å². The summed E-state index contributed by atoms with van der Waals surface area (Å²) in [6, 6.07) is 0.789. The maximum atomic E-state index is 3.80. The molecule has 5 atom stereocenters. The van der Waals surface area contributed by atoms with Crippen molar-refractivity contribution in [2.24, 2.45) is 17.8 Å². The highest BCUT2D eigenvalue weighted by atomic mass is 32.2. The molecular formula is C15H27NS2. The molecule has 3 fully saturated rings. The zero-order chi connectivity index (χ0) is 12.4. The molecule has 1 saturated heterocycles. The Labute approximate surface area is 121 Å². The highest BCUT2D eigenvalue weighted by Gasteiger charge is 2.41. The zero-order valence-corrected chi connectivity index (χ0v) is 13.2. The van der Waals surface area contributed by atoms with Crippen molar-refractivity contribution in [1.82, 2.24) is 5.32 Å². The number of thioether (sulfide) groups is 2. The minimum atomic E-state index is 0.789. The molecule has 1 N–H and O–H groups in total. The van der Waals surface area contributed by atoms with Gasteiger partial charge in [0.1, 0.15) is 0 Å². The second kappa shape index (κ2) is 6.41. The number of nitrogens with one attached hydrogen (secondary N) is 1. The maximum Gasteiger partial charge on any atom is 0.0292 e. The van der Waals surface area contributed by atoms with Crippen molar-refractivity contribution in [3.05, 3.63) is 0 Å². The van der Waals surface area contributed by atoms with Gasteiger partial charge in [0.05, 0.1) is 0 Å². The van der Waals surface area contributed by atoms with Crippen LogP contribution >= 0.6 is 23.5 Å². The Hall–Kier alpha value is 0.660. The molecule has 0 aromatic rings. The Balaban J connectivity index is 1.55. The van der Waals surface area contributed by atoms with Crippen molar-refractivity contribution in [1.29, 1.82) is 0 Å². The van der Waals surface area contributed by atoms with Crippen LogP contribution in [0.5, 0.6) is 0 Å². The summed E-state index contributed by atoms with van der Waals surface area (Å²) in [7, 11) is 0. The van der Waals surface area contributed by atoms with E-state index in [0.29, 0.717) is 0 Å². The van der Waals surface area contributed by atoms with Gasteiger partial charge in [-0.05, 0) is 50.0 Å². The van der Waals surface area contributed by atoms with E-state index < -0.39 is 0 Å². The Kier molecular flexibility index (Phi) is 4.85. The van der Waals surface area contributed by atoms with E-state index in [0.717, 1.165) is 35.6 Å². The van der Waals surface area contributed by atoms with Gasteiger partial charge < -0.3 is 5.32 Å². The predicted octanol–water partition coefficient (Wildman–Crippen LogP) is 3.64. The van der Waals surface area contributed by atoms with Gasteiger partial charge in [-0.2, -0.15) is 23.5 Å². The Bertz CT molecular complexity index is 265. The fourth-order valence-corrected chi connectivity index (χ4v) is 7.26. The van der Waals surface area contributed by atoms with Crippen molar-refractivity contribution in [3.8, 4) is 0 Å². The SMILES string of the molecule is CCNC(CC1CC2CCC1C2)C1CSCCS1. The molecule has 1 nitrogen and oxygen atoms in total. The van der Waals surface area contributed by atoms with Crippen LogP contribution in [0.2, 0.25) is 0 Å². The Morgan fingerprint density at radius 3 is 2.78 bits per heavy atom. The number of rotatable bonds is 5. The van der Waals surface area contributed by atoms with E-state index in [2.05, 4.69) is 35.8 Å². The van der Waals surface area contributed by atoms with E-state index in [1.165, 1.54) is 23.7 Å². The average molecular weight is 286 g/mol. The van der Waals surface area contributed by atoms with Crippen LogP contribution in [-0.4, -0.2) is 35.1 Å². The zero-order valence-electron chi connectivity index (χ0n) is 11.6. The molecule has 3 aliphatic rings. The summed E-state index contributed by atoms with van der Waals surface area (Å²) in [6.45, 7) is 3.42. The standard InChI is InChI=1S/C15H27NS2/c1-2-16-14(15-10-17-5-6-18-15)9-13-8-11-3-4-12(13)7-11/h11-16H,2-10H2,1H3. The lowest BCUT2D eigenvalue weighted by Gasteiger charge is -2.34. The van der Waals surface area contributed by atoms with Crippen LogP contribution in [0.1, 0.15) is 39.0 Å². The summed E-state index contributed by atoms with van der Waals surface area (Å²) in [5.41, 5.74) is 0. The first kappa shape index (κ1) is 13.6. The first-order valence-electron chi connectivity index (χ1n) is 7.79. The summed E-state index contributed by atoms with van der Waals surface area (Å²) in [5.74, 6) is 7.37. The van der Waals surface area contributed by atoms with Gasteiger partial charge >= 0.3 is 0 Å². The van der Waals surface area contributed by atoms with Gasteiger partial charge in [0.15, 0.2) is 0 Å². The molecule has 0 amide bonds. The molecule has 3 heteroatoms. The lowest BCUT2D eigenvalue weighted by molar-refractivity contribution is 0.278. The monoisotopic (exact) mass is 285 g/mol. The molecule has 1 heterocycles. The van der Waals surface area contributed by atoms with Crippen LogP contribution in [0.25, 0.3) is 0 Å². The summed E-state index contributed by atoms with van der Waals surface area (Å²) in [4.78, 5) is 0. The van der Waals surface area contributed by atoms with Crippen molar-refractivity contribution >= 4 is 23.5 Å². The van der Waals surface area contributed by atoms with Gasteiger partial charge in [0.2, 0.25) is 0 Å². The molecule has 3 rings (SSSR count). The summed E-state index contributed by atoms with van der Waals surface area (Å²) in [5, 5.41) is 4.68. The lowest BCUT2D eigenvalue weighted by Crippen LogP contribution is -2.42. The molecule has 0 radical (unpaired) electrons.